The van der Waals surface area contributed by atoms with Crippen LogP contribution in [0.3, 0.4) is 0 Å². The highest BCUT2D eigenvalue weighted by atomic mass is 16.5. The van der Waals surface area contributed by atoms with Gasteiger partial charge in [-0.05, 0) is 54.8 Å². The molecule has 1 aliphatic carbocycles. The van der Waals surface area contributed by atoms with Gasteiger partial charge in [0.1, 0.15) is 11.2 Å². The van der Waals surface area contributed by atoms with Crippen LogP contribution in [-0.2, 0) is 16.1 Å². The van der Waals surface area contributed by atoms with Crippen LogP contribution in [0.2, 0.25) is 0 Å². The molecule has 2 aliphatic heterocycles. The molecule has 10 heteroatoms. The van der Waals surface area contributed by atoms with Crippen LogP contribution < -0.4 is 20.7 Å². The van der Waals surface area contributed by atoms with Crippen LogP contribution >= 0.6 is 0 Å². The maximum absolute atomic E-state index is 13.1. The third-order valence-corrected chi connectivity index (χ3v) is 6.43. The maximum atomic E-state index is 13.1. The first-order valence-electron chi connectivity index (χ1n) is 11.8. The van der Waals surface area contributed by atoms with Crippen molar-refractivity contribution in [3.05, 3.63) is 59.2 Å². The van der Waals surface area contributed by atoms with Crippen LogP contribution in [0.5, 0.6) is 5.75 Å². The second-order valence-electron chi connectivity index (χ2n) is 9.22. The van der Waals surface area contributed by atoms with Crippen LogP contribution in [0.25, 0.3) is 0 Å². The van der Waals surface area contributed by atoms with Gasteiger partial charge in [-0.15, -0.1) is 0 Å². The number of imide groups is 1. The standard InChI is InChI=1S/C27H24N6O4/c1-37-21-9-4-18-14-33(24(35)22(18)12-21)15-27(13-23(34)32-25(27)36)11-10-17-2-5-19(6-3-17)30-26(29-16-28)31-20-7-8-20/h2-6,9,12,20H,7-8,13-15H2,1H3,(H2,29,30,31)(H,32,34,36)/t27-/m1/s1. The van der Waals surface area contributed by atoms with Crippen molar-refractivity contribution in [2.24, 2.45) is 10.4 Å². The molecular weight excluding hydrogens is 472 g/mol. The number of rotatable bonds is 5. The molecule has 2 aromatic rings. The van der Waals surface area contributed by atoms with E-state index in [0.717, 1.165) is 18.4 Å². The zero-order valence-electron chi connectivity index (χ0n) is 20.1. The lowest BCUT2D eigenvalue weighted by atomic mass is 9.85. The number of nitriles is 1. The van der Waals surface area contributed by atoms with E-state index in [1.54, 1.807) is 41.3 Å². The molecule has 3 aliphatic rings. The highest BCUT2D eigenvalue weighted by Crippen LogP contribution is 2.33. The van der Waals surface area contributed by atoms with Crippen LogP contribution in [0.15, 0.2) is 47.5 Å². The number of hydrogen-bond donors (Lipinski definition) is 3. The van der Waals surface area contributed by atoms with Crippen molar-refractivity contribution >= 4 is 29.4 Å². The number of ether oxygens (including phenoxy) is 1. The summed E-state index contributed by atoms with van der Waals surface area (Å²) >= 11 is 0. The Morgan fingerprint density at radius 2 is 2.00 bits per heavy atom. The lowest BCUT2D eigenvalue weighted by Gasteiger charge is -2.25. The SMILES string of the molecule is COc1ccc2c(c1)C(=O)N(C[C@@]1(C#Cc3ccc(NC(=NC4CC4)NC#N)cc3)CC(=O)NC1=O)C2. The third kappa shape index (κ3) is 5.09. The van der Waals surface area contributed by atoms with Gasteiger partial charge >= 0.3 is 0 Å². The predicted octanol–water partition coefficient (Wildman–Crippen LogP) is 1.74. The number of methoxy groups -OCH3 is 1. The Morgan fingerprint density at radius 3 is 2.65 bits per heavy atom. The number of fused-ring (bicyclic) bond motifs is 1. The van der Waals surface area contributed by atoms with Crippen molar-refractivity contribution in [1.82, 2.24) is 15.5 Å². The lowest BCUT2D eigenvalue weighted by molar-refractivity contribution is -0.127. The molecule has 0 bridgehead atoms. The average molecular weight is 497 g/mol. The summed E-state index contributed by atoms with van der Waals surface area (Å²) in [5, 5.41) is 16.9. The van der Waals surface area contributed by atoms with Gasteiger partial charge in [-0.1, -0.05) is 17.9 Å². The molecule has 1 saturated carbocycles. The summed E-state index contributed by atoms with van der Waals surface area (Å²) in [7, 11) is 1.53. The fourth-order valence-electron chi connectivity index (χ4n) is 4.33. The monoisotopic (exact) mass is 496 g/mol. The Labute approximate surface area is 213 Å². The maximum Gasteiger partial charge on any atom is 0.254 e. The first-order chi connectivity index (χ1) is 17.9. The van der Waals surface area contributed by atoms with E-state index in [0.29, 0.717) is 35.1 Å². The van der Waals surface area contributed by atoms with Gasteiger partial charge in [0.2, 0.25) is 17.8 Å². The highest BCUT2D eigenvalue weighted by Gasteiger charge is 2.48. The molecule has 0 radical (unpaired) electrons. The van der Waals surface area contributed by atoms with E-state index in [2.05, 4.69) is 32.8 Å². The van der Waals surface area contributed by atoms with Gasteiger partial charge in [0.25, 0.3) is 5.91 Å². The summed E-state index contributed by atoms with van der Waals surface area (Å²) in [6, 6.07) is 12.6. The third-order valence-electron chi connectivity index (χ3n) is 6.43. The number of anilines is 1. The van der Waals surface area contributed by atoms with Gasteiger partial charge in [-0.3, -0.25) is 25.0 Å². The Kier molecular flexibility index (Phi) is 6.24. The molecule has 0 aromatic heterocycles. The number of aliphatic imine (C=N–C) groups is 1. The van der Waals surface area contributed by atoms with Gasteiger partial charge in [-0.25, -0.2) is 4.99 Å². The Balaban J connectivity index is 1.34. The smallest absolute Gasteiger partial charge is 0.254 e. The molecule has 1 atom stereocenters. The Morgan fingerprint density at radius 1 is 1.22 bits per heavy atom. The normalized spacial score (nSPS) is 20.5. The fourth-order valence-corrected chi connectivity index (χ4v) is 4.33. The molecule has 2 fully saturated rings. The number of carbonyl (C=O) groups is 3. The van der Waals surface area contributed by atoms with Crippen molar-refractivity contribution in [3.63, 3.8) is 0 Å². The predicted molar refractivity (Wildman–Crippen MR) is 134 cm³/mol. The topological polar surface area (TPSA) is 136 Å². The van der Waals surface area contributed by atoms with E-state index >= 15 is 0 Å². The minimum Gasteiger partial charge on any atom is -0.497 e. The molecule has 3 amide bonds. The van der Waals surface area contributed by atoms with Crippen molar-refractivity contribution < 1.29 is 19.1 Å². The first-order valence-corrected chi connectivity index (χ1v) is 11.8. The van der Waals surface area contributed by atoms with E-state index < -0.39 is 17.2 Å². The average Bonchev–Trinajstić information content (AvgIpc) is 3.59. The highest BCUT2D eigenvalue weighted by molar-refractivity contribution is 6.08. The summed E-state index contributed by atoms with van der Waals surface area (Å²) in [4.78, 5) is 44.1. The van der Waals surface area contributed by atoms with Crippen LogP contribution in [0, 0.1) is 28.7 Å². The van der Waals surface area contributed by atoms with Crippen LogP contribution in [0.4, 0.5) is 5.69 Å². The molecule has 37 heavy (non-hydrogen) atoms. The van der Waals surface area contributed by atoms with Gasteiger partial charge in [0.05, 0.1) is 19.6 Å². The molecule has 186 valence electrons. The number of carbonyl (C=O) groups excluding carboxylic acids is 3. The van der Waals surface area contributed by atoms with Crippen LogP contribution in [-0.4, -0.2) is 48.3 Å². The van der Waals surface area contributed by atoms with Crippen molar-refractivity contribution in [2.45, 2.75) is 31.8 Å². The van der Waals surface area contributed by atoms with Gasteiger partial charge in [0, 0.05) is 29.9 Å². The number of amides is 3. The number of nitrogens with zero attached hydrogens (tertiary/aromatic N) is 3. The Hall–Kier alpha value is -4.83. The van der Waals surface area contributed by atoms with Gasteiger partial charge in [-0.2, -0.15) is 5.26 Å². The van der Waals surface area contributed by atoms with E-state index in [4.69, 9.17) is 10.00 Å². The zero-order chi connectivity index (χ0) is 26.0. The molecule has 5 rings (SSSR count). The summed E-state index contributed by atoms with van der Waals surface area (Å²) in [5.74, 6) is 5.82. The molecule has 10 nitrogen and oxygen atoms in total. The molecule has 1 saturated heterocycles. The zero-order valence-corrected chi connectivity index (χ0v) is 20.1. The van der Waals surface area contributed by atoms with Crippen molar-refractivity contribution in [2.75, 3.05) is 19.0 Å². The number of nitrogens with one attached hydrogen (secondary N) is 3. The molecule has 2 heterocycles. The molecule has 0 unspecified atom stereocenters. The molecule has 0 spiro atoms. The largest absolute Gasteiger partial charge is 0.497 e. The second kappa shape index (κ2) is 9.67. The quantitative estimate of drug-likeness (QED) is 0.143. The van der Waals surface area contributed by atoms with E-state index in [9.17, 15) is 14.4 Å². The van der Waals surface area contributed by atoms with Crippen LogP contribution in [0.1, 0.15) is 40.7 Å². The minimum absolute atomic E-state index is 0.00609. The van der Waals surface area contributed by atoms with E-state index in [1.165, 1.54) is 7.11 Å². The lowest BCUT2D eigenvalue weighted by Crippen LogP contribution is -2.42. The van der Waals surface area contributed by atoms with E-state index in [1.807, 2.05) is 12.3 Å². The molecular formula is C27H24N6O4. The molecule has 3 N–H and O–H groups in total. The number of guanidine groups is 1. The Bertz CT molecular complexity index is 1410. The van der Waals surface area contributed by atoms with Gasteiger partial charge < -0.3 is 15.0 Å². The summed E-state index contributed by atoms with van der Waals surface area (Å²) in [5.41, 5.74) is 1.35. The van der Waals surface area contributed by atoms with Crippen molar-refractivity contribution in [1.29, 1.82) is 5.26 Å². The first kappa shape index (κ1) is 23.9. The summed E-state index contributed by atoms with van der Waals surface area (Å²) in [6.07, 6.45) is 3.77. The second-order valence-corrected chi connectivity index (χ2v) is 9.22. The number of benzene rings is 2. The van der Waals surface area contributed by atoms with Gasteiger partial charge in [0.15, 0.2) is 6.19 Å². The summed E-state index contributed by atoms with van der Waals surface area (Å²) < 4.78 is 5.23. The van der Waals surface area contributed by atoms with Crippen molar-refractivity contribution in [3.8, 4) is 23.8 Å². The molecule has 2 aromatic carbocycles. The van der Waals surface area contributed by atoms with E-state index in [-0.39, 0.29) is 24.9 Å². The fraction of sp³-hybridized carbons (Fsp3) is 0.296. The number of hydrogen-bond acceptors (Lipinski definition) is 6. The minimum atomic E-state index is -1.35. The summed E-state index contributed by atoms with van der Waals surface area (Å²) in [6.45, 7) is 0.318.